The summed E-state index contributed by atoms with van der Waals surface area (Å²) < 4.78 is 0. The second-order valence-corrected chi connectivity index (χ2v) is 5.66. The Morgan fingerprint density at radius 3 is 2.52 bits per heavy atom. The third-order valence-corrected chi connectivity index (χ3v) is 4.39. The number of amides is 1. The number of carboxylic acids is 1. The van der Waals surface area contributed by atoms with Gasteiger partial charge < -0.3 is 10.0 Å². The first-order valence-corrected chi connectivity index (χ1v) is 7.24. The minimum atomic E-state index is -0.811. The molecule has 1 aliphatic rings. The Bertz CT molecular complexity index is 593. The number of halogens is 2. The highest BCUT2D eigenvalue weighted by Crippen LogP contribution is 2.31. The van der Waals surface area contributed by atoms with Crippen molar-refractivity contribution in [3.8, 4) is 0 Å². The summed E-state index contributed by atoms with van der Waals surface area (Å²) >= 11 is 11.9. The highest BCUT2D eigenvalue weighted by molar-refractivity contribution is 6.44. The Labute approximate surface area is 133 Å². The van der Waals surface area contributed by atoms with Gasteiger partial charge in [-0.2, -0.15) is 0 Å². The van der Waals surface area contributed by atoms with Gasteiger partial charge in [-0.15, -0.1) is 0 Å². The predicted octanol–water partition coefficient (Wildman–Crippen LogP) is 3.13. The standard InChI is InChI=1S/C15H14Cl2NO3/c1-9(11-3-2-4-12(16)13(11)17)14(19)18-7-5-10(6-8-18)15(20)21/h2-3,10H,1,5-8H2,(H,20,21). The number of rotatable bonds is 3. The minimum absolute atomic E-state index is 0.243. The van der Waals surface area contributed by atoms with Crippen LogP contribution in [0.2, 0.25) is 10.0 Å². The van der Waals surface area contributed by atoms with Gasteiger partial charge >= 0.3 is 5.97 Å². The zero-order valence-electron chi connectivity index (χ0n) is 11.2. The van der Waals surface area contributed by atoms with Crippen LogP contribution in [0.15, 0.2) is 18.7 Å². The predicted molar refractivity (Wildman–Crippen MR) is 81.3 cm³/mol. The fourth-order valence-electron chi connectivity index (χ4n) is 2.32. The van der Waals surface area contributed by atoms with Gasteiger partial charge in [-0.05, 0) is 12.8 Å². The first kappa shape index (κ1) is 15.9. The Morgan fingerprint density at radius 1 is 1.33 bits per heavy atom. The fraction of sp³-hybridized carbons (Fsp3) is 0.333. The van der Waals surface area contributed by atoms with Crippen LogP contribution in [-0.2, 0) is 9.59 Å². The molecule has 4 nitrogen and oxygen atoms in total. The van der Waals surface area contributed by atoms with Crippen molar-refractivity contribution in [3.63, 3.8) is 0 Å². The number of piperidine rings is 1. The van der Waals surface area contributed by atoms with Crippen molar-refractivity contribution in [2.45, 2.75) is 12.8 Å². The van der Waals surface area contributed by atoms with Crippen molar-refractivity contribution in [1.29, 1.82) is 0 Å². The summed E-state index contributed by atoms with van der Waals surface area (Å²) in [7, 11) is 0. The quantitative estimate of drug-likeness (QED) is 0.868. The lowest BCUT2D eigenvalue weighted by Gasteiger charge is -2.30. The normalized spacial score (nSPS) is 15.8. The Morgan fingerprint density at radius 2 is 1.95 bits per heavy atom. The van der Waals surface area contributed by atoms with Gasteiger partial charge in [0.15, 0.2) is 0 Å². The van der Waals surface area contributed by atoms with Gasteiger partial charge in [-0.1, -0.05) is 41.9 Å². The highest BCUT2D eigenvalue weighted by atomic mass is 35.5. The molecule has 2 rings (SSSR count). The van der Waals surface area contributed by atoms with E-state index in [1.807, 2.05) is 0 Å². The van der Waals surface area contributed by atoms with E-state index in [1.165, 1.54) is 0 Å². The first-order valence-electron chi connectivity index (χ1n) is 6.49. The second kappa shape index (κ2) is 6.50. The van der Waals surface area contributed by atoms with E-state index >= 15 is 0 Å². The van der Waals surface area contributed by atoms with E-state index in [0.29, 0.717) is 31.5 Å². The Balaban J connectivity index is 2.09. The topological polar surface area (TPSA) is 57.6 Å². The number of carboxylic acid groups (broad SMARTS) is 1. The smallest absolute Gasteiger partial charge is 0.306 e. The summed E-state index contributed by atoms with van der Waals surface area (Å²) in [5, 5.41) is 9.45. The molecule has 0 aromatic heterocycles. The molecule has 1 aromatic carbocycles. The van der Waals surface area contributed by atoms with Crippen LogP contribution in [0.5, 0.6) is 0 Å². The second-order valence-electron chi connectivity index (χ2n) is 4.90. The maximum atomic E-state index is 12.4. The SMILES string of the molecule is C=C(C(=O)N1CCC(C(=O)O)CC1)c1cc[c]c(Cl)c1Cl. The van der Waals surface area contributed by atoms with Gasteiger partial charge in [-0.3, -0.25) is 9.59 Å². The summed E-state index contributed by atoms with van der Waals surface area (Å²) in [6.07, 6.45) is 0.900. The van der Waals surface area contributed by atoms with Crippen molar-refractivity contribution in [2.24, 2.45) is 5.92 Å². The third kappa shape index (κ3) is 3.39. The minimum Gasteiger partial charge on any atom is -0.481 e. The van der Waals surface area contributed by atoms with Crippen LogP contribution < -0.4 is 0 Å². The van der Waals surface area contributed by atoms with Gasteiger partial charge in [0.25, 0.3) is 5.91 Å². The molecule has 6 heteroatoms. The molecule has 1 fully saturated rings. The Kier molecular flexibility index (Phi) is 4.91. The molecule has 0 saturated carbocycles. The lowest BCUT2D eigenvalue weighted by atomic mass is 9.96. The van der Waals surface area contributed by atoms with Crippen molar-refractivity contribution < 1.29 is 14.7 Å². The van der Waals surface area contributed by atoms with Crippen LogP contribution in [0.1, 0.15) is 18.4 Å². The summed E-state index contributed by atoms with van der Waals surface area (Å²) in [6.45, 7) is 4.60. The largest absolute Gasteiger partial charge is 0.481 e. The van der Waals surface area contributed by atoms with Crippen LogP contribution in [-0.4, -0.2) is 35.0 Å². The highest BCUT2D eigenvalue weighted by Gasteiger charge is 2.28. The van der Waals surface area contributed by atoms with Crippen molar-refractivity contribution in [1.82, 2.24) is 4.90 Å². The fourth-order valence-corrected chi connectivity index (χ4v) is 2.72. The molecule has 0 aliphatic carbocycles. The van der Waals surface area contributed by atoms with E-state index in [0.717, 1.165) is 0 Å². The molecular formula is C15H14Cl2NO3. The number of hydrogen-bond acceptors (Lipinski definition) is 2. The molecule has 0 bridgehead atoms. The number of carbonyl (C=O) groups excluding carboxylic acids is 1. The Hall–Kier alpha value is -1.52. The summed E-state index contributed by atoms with van der Waals surface area (Å²) in [5.41, 5.74) is 0.732. The van der Waals surface area contributed by atoms with E-state index in [-0.39, 0.29) is 27.4 Å². The number of carbonyl (C=O) groups is 2. The van der Waals surface area contributed by atoms with Crippen LogP contribution in [0.4, 0.5) is 0 Å². The molecule has 1 N–H and O–H groups in total. The molecule has 1 aliphatic heterocycles. The lowest BCUT2D eigenvalue weighted by Crippen LogP contribution is -2.40. The zero-order valence-corrected chi connectivity index (χ0v) is 12.7. The summed E-state index contributed by atoms with van der Waals surface area (Å²) in [6, 6.07) is 5.95. The zero-order chi connectivity index (χ0) is 15.6. The molecule has 111 valence electrons. The molecule has 0 spiro atoms. The van der Waals surface area contributed by atoms with E-state index in [2.05, 4.69) is 12.6 Å². The van der Waals surface area contributed by atoms with Crippen molar-refractivity contribution >= 4 is 40.7 Å². The number of benzene rings is 1. The molecule has 0 atom stereocenters. The number of nitrogens with zero attached hydrogens (tertiary/aromatic N) is 1. The maximum Gasteiger partial charge on any atom is 0.306 e. The monoisotopic (exact) mass is 326 g/mol. The van der Waals surface area contributed by atoms with Gasteiger partial charge in [0.05, 0.1) is 16.0 Å². The van der Waals surface area contributed by atoms with Crippen LogP contribution in [0, 0.1) is 12.0 Å². The van der Waals surface area contributed by atoms with E-state index < -0.39 is 5.97 Å². The molecule has 1 aromatic rings. The molecule has 1 radical (unpaired) electrons. The molecular weight excluding hydrogens is 313 g/mol. The first-order chi connectivity index (χ1) is 9.91. The van der Waals surface area contributed by atoms with Gasteiger partial charge in [0.2, 0.25) is 0 Å². The molecule has 0 unspecified atom stereocenters. The van der Waals surface area contributed by atoms with Gasteiger partial charge in [-0.25, -0.2) is 0 Å². The maximum absolute atomic E-state index is 12.4. The van der Waals surface area contributed by atoms with E-state index in [1.54, 1.807) is 17.0 Å². The van der Waals surface area contributed by atoms with Gasteiger partial charge in [0, 0.05) is 30.3 Å². The van der Waals surface area contributed by atoms with E-state index in [9.17, 15) is 9.59 Å². The van der Waals surface area contributed by atoms with Crippen LogP contribution in [0.3, 0.4) is 0 Å². The van der Waals surface area contributed by atoms with Crippen LogP contribution in [0.25, 0.3) is 5.57 Å². The third-order valence-electron chi connectivity index (χ3n) is 3.60. The lowest BCUT2D eigenvalue weighted by molar-refractivity contribution is -0.144. The van der Waals surface area contributed by atoms with Crippen molar-refractivity contribution in [2.75, 3.05) is 13.1 Å². The average Bonchev–Trinajstić information content (AvgIpc) is 2.48. The van der Waals surface area contributed by atoms with E-state index in [4.69, 9.17) is 28.3 Å². The summed E-state index contributed by atoms with van der Waals surface area (Å²) in [5.74, 6) is -1.44. The van der Waals surface area contributed by atoms with Crippen LogP contribution >= 0.6 is 23.2 Å². The van der Waals surface area contributed by atoms with Crippen molar-refractivity contribution in [3.05, 3.63) is 40.4 Å². The molecule has 1 heterocycles. The number of aliphatic carboxylic acids is 1. The summed E-state index contributed by atoms with van der Waals surface area (Å²) in [4.78, 5) is 24.9. The average molecular weight is 327 g/mol. The van der Waals surface area contributed by atoms with Gasteiger partial charge in [0.1, 0.15) is 0 Å². The molecule has 1 saturated heterocycles. The molecule has 1 amide bonds. The molecule has 21 heavy (non-hydrogen) atoms. The number of likely N-dealkylation sites (tertiary alicyclic amines) is 1. The number of hydrogen-bond donors (Lipinski definition) is 1.